The van der Waals surface area contributed by atoms with Gasteiger partial charge >= 0.3 is 0 Å². The van der Waals surface area contributed by atoms with Gasteiger partial charge in [0.2, 0.25) is 0 Å². The number of aliphatic hydroxyl groups excluding tert-OH is 2. The maximum atomic E-state index is 14.5. The number of aliphatic hydroxyl groups is 2. The number of anilines is 2. The predicted molar refractivity (Wildman–Crippen MR) is 119 cm³/mol. The molecular formula is C23H22F3N5O4. The molecule has 4 rings (SSSR count). The number of hydrogen-bond acceptors (Lipinski definition) is 8. The van der Waals surface area contributed by atoms with Crippen molar-refractivity contribution < 1.29 is 32.9 Å². The van der Waals surface area contributed by atoms with Gasteiger partial charge in [0.25, 0.3) is 5.91 Å². The number of amides is 1. The summed E-state index contributed by atoms with van der Waals surface area (Å²) in [5.74, 6) is -4.14. The molecule has 4 atom stereocenters. The number of nitrogens with two attached hydrogens (primary N) is 2. The van der Waals surface area contributed by atoms with Gasteiger partial charge in [-0.1, -0.05) is 6.07 Å². The standard InChI is InChI=1S/C23H22F3N5O4/c24-11-2-1-3-12(25)19(11)20-13(26)6-14(28)21(31-20)23(34)30-15-9-29-5-4-10(15)17-7-16(32)22(33)18(8-27)35-17/h1-6,9,16-18,22,32-33H,7-8,27-28H2,(H,30,34)/t16-,17-,18-,22+/m1/s1. The normalized spacial score (nSPS) is 22.1. The number of ether oxygens (including phenoxy) is 1. The molecule has 3 heterocycles. The molecular weight excluding hydrogens is 467 g/mol. The maximum Gasteiger partial charge on any atom is 0.276 e. The van der Waals surface area contributed by atoms with Crippen molar-refractivity contribution >= 4 is 17.3 Å². The number of hydrogen-bond donors (Lipinski definition) is 5. The summed E-state index contributed by atoms with van der Waals surface area (Å²) in [6, 6.07) is 5.27. The molecule has 2 aromatic heterocycles. The Morgan fingerprint density at radius 2 is 1.89 bits per heavy atom. The van der Waals surface area contributed by atoms with E-state index in [0.29, 0.717) is 5.56 Å². The minimum Gasteiger partial charge on any atom is -0.397 e. The van der Waals surface area contributed by atoms with Crippen LogP contribution in [0.15, 0.2) is 42.7 Å². The Morgan fingerprint density at radius 1 is 1.17 bits per heavy atom. The highest BCUT2D eigenvalue weighted by molar-refractivity contribution is 6.06. The Labute approximate surface area is 197 Å². The largest absolute Gasteiger partial charge is 0.397 e. The van der Waals surface area contributed by atoms with Gasteiger partial charge in [-0.25, -0.2) is 18.2 Å². The van der Waals surface area contributed by atoms with Crippen molar-refractivity contribution in [2.24, 2.45) is 5.73 Å². The first kappa shape index (κ1) is 24.5. The van der Waals surface area contributed by atoms with Gasteiger partial charge in [0.15, 0.2) is 11.5 Å². The number of aromatic nitrogens is 2. The van der Waals surface area contributed by atoms with Crippen molar-refractivity contribution in [3.63, 3.8) is 0 Å². The minimum atomic E-state index is -1.17. The first-order valence-electron chi connectivity index (χ1n) is 10.6. The lowest BCUT2D eigenvalue weighted by atomic mass is 9.93. The van der Waals surface area contributed by atoms with Crippen LogP contribution in [0.3, 0.4) is 0 Å². The molecule has 35 heavy (non-hydrogen) atoms. The molecule has 0 saturated carbocycles. The van der Waals surface area contributed by atoms with Crippen molar-refractivity contribution in [2.45, 2.75) is 30.8 Å². The molecule has 0 radical (unpaired) electrons. The Hall–Kier alpha value is -3.58. The molecule has 3 aromatic rings. The van der Waals surface area contributed by atoms with E-state index < -0.39 is 64.7 Å². The third kappa shape index (κ3) is 4.82. The molecule has 9 nitrogen and oxygen atoms in total. The van der Waals surface area contributed by atoms with Crippen LogP contribution in [0.2, 0.25) is 0 Å². The topological polar surface area (TPSA) is 157 Å². The monoisotopic (exact) mass is 489 g/mol. The van der Waals surface area contributed by atoms with Gasteiger partial charge in [-0.05, 0) is 18.2 Å². The number of nitrogens with one attached hydrogen (secondary N) is 1. The van der Waals surface area contributed by atoms with Crippen LogP contribution in [0.25, 0.3) is 11.3 Å². The quantitative estimate of drug-likeness (QED) is 0.364. The van der Waals surface area contributed by atoms with Crippen molar-refractivity contribution in [1.82, 2.24) is 9.97 Å². The molecule has 1 aromatic carbocycles. The zero-order chi connectivity index (χ0) is 25.3. The Balaban J connectivity index is 1.67. The number of benzene rings is 1. The lowest BCUT2D eigenvalue weighted by Gasteiger charge is -2.37. The van der Waals surface area contributed by atoms with Gasteiger partial charge in [0.05, 0.1) is 41.4 Å². The van der Waals surface area contributed by atoms with Gasteiger partial charge in [0, 0.05) is 30.8 Å². The van der Waals surface area contributed by atoms with Crippen LogP contribution in [-0.4, -0.2) is 50.9 Å². The number of nitrogen functional groups attached to an aromatic ring is 1. The number of rotatable bonds is 5. The van der Waals surface area contributed by atoms with E-state index in [1.54, 1.807) is 6.07 Å². The van der Waals surface area contributed by atoms with Crippen LogP contribution < -0.4 is 16.8 Å². The molecule has 0 unspecified atom stereocenters. The van der Waals surface area contributed by atoms with E-state index in [2.05, 4.69) is 15.3 Å². The molecule has 1 aliphatic rings. The predicted octanol–water partition coefficient (Wildman–Crippen LogP) is 1.91. The summed E-state index contributed by atoms with van der Waals surface area (Å²) in [5, 5.41) is 22.8. The van der Waals surface area contributed by atoms with E-state index in [0.717, 1.165) is 24.3 Å². The van der Waals surface area contributed by atoms with Crippen molar-refractivity contribution in [3.8, 4) is 11.3 Å². The number of carbonyl (C=O) groups excluding carboxylic acids is 1. The van der Waals surface area contributed by atoms with Gasteiger partial charge in [-0.2, -0.15) is 0 Å². The third-order valence-corrected chi connectivity index (χ3v) is 5.67. The summed E-state index contributed by atoms with van der Waals surface area (Å²) >= 11 is 0. The number of halogens is 3. The SMILES string of the molecule is NC[C@H]1O[C@@H](c2ccncc2NC(=O)c2nc(-c3c(F)cccc3F)c(F)cc2N)C[C@@H](O)[C@@H]1O. The second kappa shape index (κ2) is 9.96. The second-order valence-corrected chi connectivity index (χ2v) is 7.96. The van der Waals surface area contributed by atoms with E-state index in [9.17, 15) is 28.2 Å². The summed E-state index contributed by atoms with van der Waals surface area (Å²) in [7, 11) is 0. The summed E-state index contributed by atoms with van der Waals surface area (Å²) in [4.78, 5) is 20.8. The Kier molecular flexibility index (Phi) is 6.98. The van der Waals surface area contributed by atoms with Crippen molar-refractivity contribution in [2.75, 3.05) is 17.6 Å². The highest BCUT2D eigenvalue weighted by atomic mass is 19.1. The summed E-state index contributed by atoms with van der Waals surface area (Å²) < 4.78 is 48.8. The first-order valence-corrected chi connectivity index (χ1v) is 10.6. The van der Waals surface area contributed by atoms with Gasteiger partial charge in [-0.3, -0.25) is 9.78 Å². The Bertz CT molecular complexity index is 1240. The number of carbonyl (C=O) groups is 1. The zero-order valence-corrected chi connectivity index (χ0v) is 18.2. The fourth-order valence-electron chi connectivity index (χ4n) is 3.91. The first-order chi connectivity index (χ1) is 16.7. The molecule has 1 saturated heterocycles. The second-order valence-electron chi connectivity index (χ2n) is 7.96. The van der Waals surface area contributed by atoms with Gasteiger partial charge < -0.3 is 31.7 Å². The molecule has 7 N–H and O–H groups in total. The zero-order valence-electron chi connectivity index (χ0n) is 18.2. The summed E-state index contributed by atoms with van der Waals surface area (Å²) in [5.41, 5.74) is 9.69. The molecule has 184 valence electrons. The van der Waals surface area contributed by atoms with Crippen LogP contribution >= 0.6 is 0 Å². The summed E-state index contributed by atoms with van der Waals surface area (Å²) in [6.45, 7) is -0.0487. The van der Waals surface area contributed by atoms with Gasteiger partial charge in [0.1, 0.15) is 23.4 Å². The smallest absolute Gasteiger partial charge is 0.276 e. The van der Waals surface area contributed by atoms with Crippen LogP contribution in [0.5, 0.6) is 0 Å². The number of pyridine rings is 2. The molecule has 12 heteroatoms. The fraction of sp³-hybridized carbons (Fsp3) is 0.261. The molecule has 1 aliphatic heterocycles. The third-order valence-electron chi connectivity index (χ3n) is 5.67. The molecule has 0 aliphatic carbocycles. The molecule has 1 fully saturated rings. The molecule has 0 bridgehead atoms. The molecule has 0 spiro atoms. The minimum absolute atomic E-state index is 0.0121. The van der Waals surface area contributed by atoms with E-state index in [1.165, 1.54) is 12.4 Å². The van der Waals surface area contributed by atoms with Crippen molar-refractivity contribution in [3.05, 3.63) is 71.4 Å². The maximum absolute atomic E-state index is 14.5. The van der Waals surface area contributed by atoms with E-state index in [1.807, 2.05) is 0 Å². The highest BCUT2D eigenvalue weighted by Gasteiger charge is 2.37. The van der Waals surface area contributed by atoms with Crippen LogP contribution in [0, 0.1) is 17.5 Å². The van der Waals surface area contributed by atoms with Crippen LogP contribution in [0.4, 0.5) is 24.5 Å². The highest BCUT2D eigenvalue weighted by Crippen LogP contribution is 2.35. The van der Waals surface area contributed by atoms with E-state index in [4.69, 9.17) is 16.2 Å². The van der Waals surface area contributed by atoms with Crippen LogP contribution in [0.1, 0.15) is 28.6 Å². The van der Waals surface area contributed by atoms with Gasteiger partial charge in [-0.15, -0.1) is 0 Å². The van der Waals surface area contributed by atoms with E-state index in [-0.39, 0.29) is 24.3 Å². The van der Waals surface area contributed by atoms with E-state index >= 15 is 0 Å². The lowest BCUT2D eigenvalue weighted by Crippen LogP contribution is -2.49. The molecule has 1 amide bonds. The summed E-state index contributed by atoms with van der Waals surface area (Å²) in [6.07, 6.45) is -1.12. The average molecular weight is 489 g/mol. The average Bonchev–Trinajstić information content (AvgIpc) is 2.82. The van der Waals surface area contributed by atoms with Crippen LogP contribution in [-0.2, 0) is 4.74 Å². The lowest BCUT2D eigenvalue weighted by molar-refractivity contribution is -0.166. The number of nitrogens with zero attached hydrogens (tertiary/aromatic N) is 2. The fourth-order valence-corrected chi connectivity index (χ4v) is 3.91. The van der Waals surface area contributed by atoms with Crippen molar-refractivity contribution in [1.29, 1.82) is 0 Å². The Morgan fingerprint density at radius 3 is 2.57 bits per heavy atom.